The van der Waals surface area contributed by atoms with Gasteiger partial charge in [-0.15, -0.1) is 0 Å². The molecule has 0 aromatic rings. The summed E-state index contributed by atoms with van der Waals surface area (Å²) >= 11 is 0. The van der Waals surface area contributed by atoms with E-state index in [0.717, 1.165) is 0 Å². The molecule has 0 aliphatic carbocycles. The van der Waals surface area contributed by atoms with Crippen LogP contribution in [0.25, 0.3) is 0 Å². The van der Waals surface area contributed by atoms with Gasteiger partial charge in [0.1, 0.15) is 11.7 Å². The Hall–Kier alpha value is -0.620. The second-order valence-electron chi connectivity index (χ2n) is 2.17. The van der Waals surface area contributed by atoms with Gasteiger partial charge in [0.05, 0.1) is 6.07 Å². The number of alkyl halides is 1. The van der Waals surface area contributed by atoms with Gasteiger partial charge in [-0.05, 0) is 13.8 Å². The Bertz CT molecular complexity index is 109. The molecule has 1 unspecified atom stereocenters. The molecule has 2 nitrogen and oxygen atoms in total. The molecule has 0 radical (unpaired) electrons. The molecule has 0 aromatic heterocycles. The van der Waals surface area contributed by atoms with E-state index < -0.39 is 11.7 Å². The molecule has 0 rings (SSSR count). The van der Waals surface area contributed by atoms with Crippen LogP contribution in [0.3, 0.4) is 0 Å². The van der Waals surface area contributed by atoms with Gasteiger partial charge in [-0.2, -0.15) is 5.26 Å². The molecule has 0 fully saturated rings. The highest BCUT2D eigenvalue weighted by Crippen LogP contribution is 2.10. The Morgan fingerprint density at radius 3 is 2.12 bits per heavy atom. The van der Waals surface area contributed by atoms with Gasteiger partial charge in [-0.25, -0.2) is 4.39 Å². The van der Waals surface area contributed by atoms with E-state index >= 15 is 0 Å². The average molecular weight is 116 g/mol. The van der Waals surface area contributed by atoms with Crippen LogP contribution in [0.4, 0.5) is 4.39 Å². The third kappa shape index (κ3) is 1.90. The van der Waals surface area contributed by atoms with Crippen molar-refractivity contribution >= 4 is 0 Å². The maximum Gasteiger partial charge on any atom is 0.133 e. The molecule has 0 heterocycles. The lowest BCUT2D eigenvalue weighted by Crippen LogP contribution is -2.37. The standard InChI is InChI=1S/C5H9FN2/c1-5(2,6)4(8)3-7/h4H,8H2,1-2H3. The van der Waals surface area contributed by atoms with E-state index in [1.54, 1.807) is 6.07 Å². The summed E-state index contributed by atoms with van der Waals surface area (Å²) in [5, 5.41) is 8.06. The van der Waals surface area contributed by atoms with Crippen molar-refractivity contribution in [2.45, 2.75) is 25.6 Å². The van der Waals surface area contributed by atoms with Gasteiger partial charge in [0, 0.05) is 0 Å². The Morgan fingerprint density at radius 1 is 1.75 bits per heavy atom. The van der Waals surface area contributed by atoms with Gasteiger partial charge in [0.15, 0.2) is 0 Å². The fraction of sp³-hybridized carbons (Fsp3) is 0.800. The number of hydrogen-bond donors (Lipinski definition) is 1. The van der Waals surface area contributed by atoms with Crippen molar-refractivity contribution in [2.24, 2.45) is 5.73 Å². The zero-order valence-electron chi connectivity index (χ0n) is 4.98. The first-order valence-electron chi connectivity index (χ1n) is 2.32. The number of nitrogens with two attached hydrogens (primary N) is 1. The van der Waals surface area contributed by atoms with Crippen molar-refractivity contribution in [2.75, 3.05) is 0 Å². The Kier molecular flexibility index (Phi) is 1.94. The number of rotatable bonds is 1. The zero-order valence-corrected chi connectivity index (χ0v) is 4.98. The Morgan fingerprint density at radius 2 is 2.12 bits per heavy atom. The van der Waals surface area contributed by atoms with Gasteiger partial charge >= 0.3 is 0 Å². The molecule has 0 saturated heterocycles. The second-order valence-corrected chi connectivity index (χ2v) is 2.17. The van der Waals surface area contributed by atoms with E-state index in [0.29, 0.717) is 0 Å². The molecule has 0 aromatic carbocycles. The van der Waals surface area contributed by atoms with Crippen LogP contribution < -0.4 is 5.73 Å². The van der Waals surface area contributed by atoms with Crippen LogP contribution in [0, 0.1) is 11.3 Å². The van der Waals surface area contributed by atoms with Crippen molar-refractivity contribution in [1.82, 2.24) is 0 Å². The third-order valence-corrected chi connectivity index (χ3v) is 0.879. The first-order valence-corrected chi connectivity index (χ1v) is 2.32. The van der Waals surface area contributed by atoms with E-state index in [9.17, 15) is 4.39 Å². The predicted octanol–water partition coefficient (Wildman–Crippen LogP) is 0.585. The topological polar surface area (TPSA) is 49.8 Å². The van der Waals surface area contributed by atoms with E-state index in [-0.39, 0.29) is 0 Å². The van der Waals surface area contributed by atoms with E-state index in [1.165, 1.54) is 13.8 Å². The Balaban J connectivity index is 3.87. The second kappa shape index (κ2) is 2.10. The molecule has 0 aliphatic rings. The minimum absolute atomic E-state index is 1.01. The summed E-state index contributed by atoms with van der Waals surface area (Å²) in [6.45, 7) is 2.56. The summed E-state index contributed by atoms with van der Waals surface area (Å²) in [6.07, 6.45) is 0. The minimum atomic E-state index is -1.57. The normalized spacial score (nSPS) is 14.9. The lowest BCUT2D eigenvalue weighted by Gasteiger charge is -2.14. The van der Waals surface area contributed by atoms with Crippen molar-refractivity contribution in [3.63, 3.8) is 0 Å². The Labute approximate surface area is 48.1 Å². The summed E-state index contributed by atoms with van der Waals surface area (Å²) in [5.41, 5.74) is 3.44. The van der Waals surface area contributed by atoms with Crippen LogP contribution in [-0.4, -0.2) is 11.7 Å². The first-order chi connectivity index (χ1) is 3.48. The quantitative estimate of drug-likeness (QED) is 0.545. The highest BCUT2D eigenvalue weighted by Gasteiger charge is 2.24. The van der Waals surface area contributed by atoms with Gasteiger partial charge in [0.2, 0.25) is 0 Å². The molecule has 1 atom stereocenters. The minimum Gasteiger partial charge on any atom is -0.313 e. The molecule has 0 amide bonds. The maximum atomic E-state index is 12.4. The molecule has 46 valence electrons. The lowest BCUT2D eigenvalue weighted by molar-refractivity contribution is 0.199. The third-order valence-electron chi connectivity index (χ3n) is 0.879. The molecule has 0 saturated carbocycles. The summed E-state index contributed by atoms with van der Waals surface area (Å²) < 4.78 is 12.4. The monoisotopic (exact) mass is 116 g/mol. The summed E-state index contributed by atoms with van der Waals surface area (Å²) in [7, 11) is 0. The summed E-state index contributed by atoms with van der Waals surface area (Å²) in [4.78, 5) is 0. The number of nitrogens with zero attached hydrogens (tertiary/aromatic N) is 1. The van der Waals surface area contributed by atoms with E-state index in [2.05, 4.69) is 0 Å². The zero-order chi connectivity index (χ0) is 6.78. The highest BCUT2D eigenvalue weighted by molar-refractivity contribution is 4.97. The molecule has 3 heteroatoms. The van der Waals surface area contributed by atoms with Crippen LogP contribution >= 0.6 is 0 Å². The summed E-state index contributed by atoms with van der Waals surface area (Å²) in [6, 6.07) is 0.596. The molecule has 0 aliphatic heterocycles. The van der Waals surface area contributed by atoms with Crippen molar-refractivity contribution in [3.8, 4) is 6.07 Å². The van der Waals surface area contributed by atoms with E-state index in [1.807, 2.05) is 0 Å². The van der Waals surface area contributed by atoms with Crippen molar-refractivity contribution < 1.29 is 4.39 Å². The maximum absolute atomic E-state index is 12.4. The van der Waals surface area contributed by atoms with Gasteiger partial charge in [-0.3, -0.25) is 0 Å². The largest absolute Gasteiger partial charge is 0.313 e. The molecule has 0 spiro atoms. The van der Waals surface area contributed by atoms with Crippen LogP contribution in [0.2, 0.25) is 0 Å². The van der Waals surface area contributed by atoms with Crippen molar-refractivity contribution in [3.05, 3.63) is 0 Å². The predicted molar refractivity (Wildman–Crippen MR) is 28.8 cm³/mol. The van der Waals surface area contributed by atoms with Crippen LogP contribution in [0.15, 0.2) is 0 Å². The highest BCUT2D eigenvalue weighted by atomic mass is 19.1. The summed E-state index contributed by atoms with van der Waals surface area (Å²) in [5.74, 6) is 0. The van der Waals surface area contributed by atoms with Gasteiger partial charge in [-0.1, -0.05) is 0 Å². The number of nitriles is 1. The van der Waals surface area contributed by atoms with Crippen LogP contribution in [-0.2, 0) is 0 Å². The SMILES string of the molecule is CC(C)(F)C(N)C#N. The fourth-order valence-electron chi connectivity index (χ4n) is 0.153. The van der Waals surface area contributed by atoms with Crippen LogP contribution in [0.5, 0.6) is 0 Å². The van der Waals surface area contributed by atoms with Gasteiger partial charge < -0.3 is 5.73 Å². The van der Waals surface area contributed by atoms with Gasteiger partial charge in [0.25, 0.3) is 0 Å². The molecular formula is C5H9FN2. The molecular weight excluding hydrogens is 107 g/mol. The molecule has 8 heavy (non-hydrogen) atoms. The van der Waals surface area contributed by atoms with Crippen molar-refractivity contribution in [1.29, 1.82) is 5.26 Å². The lowest BCUT2D eigenvalue weighted by atomic mass is 10.0. The van der Waals surface area contributed by atoms with Crippen LogP contribution in [0.1, 0.15) is 13.8 Å². The molecule has 0 bridgehead atoms. The number of halogens is 1. The first kappa shape index (κ1) is 7.38. The fourth-order valence-corrected chi connectivity index (χ4v) is 0.153. The number of hydrogen-bond acceptors (Lipinski definition) is 2. The smallest absolute Gasteiger partial charge is 0.133 e. The van der Waals surface area contributed by atoms with E-state index in [4.69, 9.17) is 11.0 Å². The molecule has 2 N–H and O–H groups in total. The average Bonchev–Trinajstić information content (AvgIpc) is 1.62.